The molecule has 2 N–H and O–H groups in total. The summed E-state index contributed by atoms with van der Waals surface area (Å²) in [6.45, 7) is 0. The van der Waals surface area contributed by atoms with Crippen LogP contribution in [0.5, 0.6) is 0 Å². The van der Waals surface area contributed by atoms with E-state index in [1.54, 1.807) is 22.2 Å². The van der Waals surface area contributed by atoms with Crippen LogP contribution in [0.3, 0.4) is 0 Å². The first-order chi connectivity index (χ1) is 8.31. The zero-order chi connectivity index (χ0) is 11.7. The maximum Gasteiger partial charge on any atom is 0.234 e. The molecule has 0 unspecified atom stereocenters. The Balaban J connectivity index is 1.71. The Morgan fingerprint density at radius 1 is 1.18 bits per heavy atom. The van der Waals surface area contributed by atoms with Crippen molar-refractivity contribution in [1.29, 1.82) is 0 Å². The van der Waals surface area contributed by atoms with Crippen LogP contribution in [0.1, 0.15) is 10.6 Å². The summed E-state index contributed by atoms with van der Waals surface area (Å²) < 4.78 is 1.71. The SMILES string of the molecule is Nc1ccc(CCc2nn3cnnc3s2)cc1. The van der Waals surface area contributed by atoms with E-state index in [1.165, 1.54) is 5.56 Å². The third kappa shape index (κ3) is 2.12. The van der Waals surface area contributed by atoms with Crippen LogP contribution in [-0.4, -0.2) is 19.8 Å². The molecular weight excluding hydrogens is 234 g/mol. The van der Waals surface area contributed by atoms with Crippen LogP contribution in [0.15, 0.2) is 30.6 Å². The minimum Gasteiger partial charge on any atom is -0.399 e. The predicted octanol–water partition coefficient (Wildman–Crippen LogP) is 1.55. The van der Waals surface area contributed by atoms with Gasteiger partial charge in [0, 0.05) is 12.1 Å². The maximum absolute atomic E-state index is 5.64. The molecule has 6 heteroatoms. The second kappa shape index (κ2) is 4.14. The largest absolute Gasteiger partial charge is 0.399 e. The van der Waals surface area contributed by atoms with E-state index in [2.05, 4.69) is 27.4 Å². The Bertz CT molecular complexity index is 596. The first-order valence-corrected chi connectivity index (χ1v) is 6.13. The highest BCUT2D eigenvalue weighted by Gasteiger charge is 2.05. The number of hydrogen-bond donors (Lipinski definition) is 1. The van der Waals surface area contributed by atoms with Crippen LogP contribution in [0.2, 0.25) is 0 Å². The van der Waals surface area contributed by atoms with Gasteiger partial charge in [-0.15, -0.1) is 10.2 Å². The summed E-state index contributed by atoms with van der Waals surface area (Å²) in [5, 5.41) is 13.2. The molecule has 86 valence electrons. The molecule has 3 rings (SSSR count). The monoisotopic (exact) mass is 245 g/mol. The Morgan fingerprint density at radius 3 is 2.76 bits per heavy atom. The van der Waals surface area contributed by atoms with Crippen molar-refractivity contribution in [3.63, 3.8) is 0 Å². The van der Waals surface area contributed by atoms with Gasteiger partial charge in [-0.1, -0.05) is 23.5 Å². The average molecular weight is 245 g/mol. The third-order valence-electron chi connectivity index (χ3n) is 2.54. The van der Waals surface area contributed by atoms with Crippen LogP contribution in [0, 0.1) is 0 Å². The topological polar surface area (TPSA) is 69.1 Å². The van der Waals surface area contributed by atoms with Gasteiger partial charge in [-0.3, -0.25) is 0 Å². The molecule has 0 saturated carbocycles. The summed E-state index contributed by atoms with van der Waals surface area (Å²) in [6.07, 6.45) is 3.50. The Morgan fingerprint density at radius 2 is 2.00 bits per heavy atom. The van der Waals surface area contributed by atoms with Crippen molar-refractivity contribution in [3.05, 3.63) is 41.2 Å². The number of anilines is 1. The minimum atomic E-state index is 0.799. The van der Waals surface area contributed by atoms with E-state index in [-0.39, 0.29) is 0 Å². The average Bonchev–Trinajstić information content (AvgIpc) is 2.88. The Kier molecular flexibility index (Phi) is 2.49. The van der Waals surface area contributed by atoms with Gasteiger partial charge in [-0.2, -0.15) is 9.61 Å². The van der Waals surface area contributed by atoms with Crippen molar-refractivity contribution >= 4 is 22.0 Å². The summed E-state index contributed by atoms with van der Waals surface area (Å²) in [4.78, 5) is 0.845. The van der Waals surface area contributed by atoms with Crippen molar-refractivity contribution in [3.8, 4) is 0 Å². The molecule has 0 amide bonds. The van der Waals surface area contributed by atoms with Crippen molar-refractivity contribution in [2.45, 2.75) is 12.8 Å². The van der Waals surface area contributed by atoms with Gasteiger partial charge in [-0.05, 0) is 24.1 Å². The Hall–Kier alpha value is -1.95. The number of nitrogens with two attached hydrogens (primary N) is 1. The second-order valence-electron chi connectivity index (χ2n) is 3.80. The molecule has 3 aromatic rings. The first kappa shape index (κ1) is 10.2. The number of fused-ring (bicyclic) bond motifs is 1. The zero-order valence-corrected chi connectivity index (χ0v) is 9.89. The van der Waals surface area contributed by atoms with Gasteiger partial charge in [0.15, 0.2) is 0 Å². The number of rotatable bonds is 3. The molecule has 2 heterocycles. The third-order valence-corrected chi connectivity index (χ3v) is 3.51. The van der Waals surface area contributed by atoms with Crippen molar-refractivity contribution < 1.29 is 0 Å². The normalized spacial score (nSPS) is 11.1. The molecule has 2 aromatic heterocycles. The molecular formula is C11H11N5S. The van der Waals surface area contributed by atoms with Gasteiger partial charge < -0.3 is 5.73 Å². The summed E-state index contributed by atoms with van der Waals surface area (Å²) in [5.41, 5.74) is 7.71. The van der Waals surface area contributed by atoms with Gasteiger partial charge in [0.1, 0.15) is 11.3 Å². The van der Waals surface area contributed by atoms with Crippen LogP contribution in [-0.2, 0) is 12.8 Å². The molecule has 0 fully saturated rings. The van der Waals surface area contributed by atoms with E-state index in [4.69, 9.17) is 5.73 Å². The smallest absolute Gasteiger partial charge is 0.234 e. The van der Waals surface area contributed by atoms with Crippen LogP contribution in [0.4, 0.5) is 5.69 Å². The fraction of sp³-hybridized carbons (Fsp3) is 0.182. The zero-order valence-electron chi connectivity index (χ0n) is 9.08. The standard InChI is InChI=1S/C11H11N5S/c12-9-4-1-8(2-5-9)3-6-10-15-16-7-13-14-11(16)17-10/h1-2,4-5,7H,3,6,12H2. The first-order valence-electron chi connectivity index (χ1n) is 5.31. The molecule has 0 atom stereocenters. The van der Waals surface area contributed by atoms with Gasteiger partial charge in [0.25, 0.3) is 0 Å². The second-order valence-corrected chi connectivity index (χ2v) is 4.84. The van der Waals surface area contributed by atoms with E-state index < -0.39 is 0 Å². The highest BCUT2D eigenvalue weighted by Crippen LogP contribution is 2.15. The maximum atomic E-state index is 5.64. The van der Waals surface area contributed by atoms with Gasteiger partial charge in [0.2, 0.25) is 4.96 Å². The lowest BCUT2D eigenvalue weighted by molar-refractivity contribution is 0.860. The molecule has 0 aliphatic carbocycles. The van der Waals surface area contributed by atoms with Crippen molar-refractivity contribution in [2.75, 3.05) is 5.73 Å². The molecule has 0 aliphatic rings. The molecule has 1 aromatic carbocycles. The molecule has 0 bridgehead atoms. The number of nitrogens with zero attached hydrogens (tertiary/aromatic N) is 4. The number of nitrogen functional groups attached to an aromatic ring is 1. The number of aryl methyl sites for hydroxylation is 2. The molecule has 17 heavy (non-hydrogen) atoms. The molecule has 0 radical (unpaired) electrons. The molecule has 0 aliphatic heterocycles. The lowest BCUT2D eigenvalue weighted by Gasteiger charge is -1.99. The fourth-order valence-electron chi connectivity index (χ4n) is 1.64. The summed E-state index contributed by atoms with van der Waals surface area (Å²) in [6, 6.07) is 7.95. The molecule has 0 saturated heterocycles. The highest BCUT2D eigenvalue weighted by molar-refractivity contribution is 7.16. The summed E-state index contributed by atoms with van der Waals surface area (Å²) in [5.74, 6) is 0. The van der Waals surface area contributed by atoms with E-state index in [0.717, 1.165) is 28.5 Å². The fourth-order valence-corrected chi connectivity index (χ4v) is 2.45. The van der Waals surface area contributed by atoms with Gasteiger partial charge >= 0.3 is 0 Å². The number of benzene rings is 1. The molecule has 5 nitrogen and oxygen atoms in total. The summed E-state index contributed by atoms with van der Waals surface area (Å²) >= 11 is 1.58. The Labute approximate surface area is 102 Å². The number of aromatic nitrogens is 4. The minimum absolute atomic E-state index is 0.799. The van der Waals surface area contributed by atoms with Gasteiger partial charge in [0.05, 0.1) is 0 Å². The van der Waals surface area contributed by atoms with Crippen LogP contribution < -0.4 is 5.73 Å². The number of hydrogen-bond acceptors (Lipinski definition) is 5. The quantitative estimate of drug-likeness (QED) is 0.711. The van der Waals surface area contributed by atoms with Crippen LogP contribution >= 0.6 is 11.3 Å². The van der Waals surface area contributed by atoms with E-state index in [9.17, 15) is 0 Å². The highest BCUT2D eigenvalue weighted by atomic mass is 32.1. The van der Waals surface area contributed by atoms with Gasteiger partial charge in [-0.25, -0.2) is 0 Å². The summed E-state index contributed by atoms with van der Waals surface area (Å²) in [7, 11) is 0. The van der Waals surface area contributed by atoms with E-state index >= 15 is 0 Å². The van der Waals surface area contributed by atoms with E-state index in [1.807, 2.05) is 12.1 Å². The van der Waals surface area contributed by atoms with E-state index in [0.29, 0.717) is 0 Å². The lowest BCUT2D eigenvalue weighted by atomic mass is 10.1. The van der Waals surface area contributed by atoms with Crippen molar-refractivity contribution in [2.24, 2.45) is 0 Å². The lowest BCUT2D eigenvalue weighted by Crippen LogP contribution is -1.93. The van der Waals surface area contributed by atoms with Crippen LogP contribution in [0.25, 0.3) is 4.96 Å². The van der Waals surface area contributed by atoms with Crippen molar-refractivity contribution in [1.82, 2.24) is 19.8 Å². The molecule has 0 spiro atoms. The predicted molar refractivity (Wildman–Crippen MR) is 66.9 cm³/mol.